The Balaban J connectivity index is 1.34. The number of hydrogen-bond acceptors (Lipinski definition) is 8. The van der Waals surface area contributed by atoms with Crippen molar-refractivity contribution in [2.45, 2.75) is 25.2 Å². The fourth-order valence-electron chi connectivity index (χ4n) is 5.40. The van der Waals surface area contributed by atoms with Crippen LogP contribution < -0.4 is 10.6 Å². The lowest BCUT2D eigenvalue weighted by Crippen LogP contribution is -2.42. The number of aryl methyl sites for hydroxylation is 1. The molecule has 2 amide bonds. The Morgan fingerprint density at radius 1 is 1.13 bits per heavy atom. The third-order valence-corrected chi connectivity index (χ3v) is 7.54. The van der Waals surface area contributed by atoms with Crippen LogP contribution in [-0.2, 0) is 22.8 Å². The molecule has 12 nitrogen and oxygen atoms in total. The van der Waals surface area contributed by atoms with E-state index in [1.807, 2.05) is 6.07 Å². The summed E-state index contributed by atoms with van der Waals surface area (Å²) in [5, 5.41) is 15.5. The molecule has 0 aliphatic carbocycles. The maximum absolute atomic E-state index is 14.0. The number of amides is 2. The van der Waals surface area contributed by atoms with E-state index in [1.165, 1.54) is 36.3 Å². The number of para-hydroxylation sites is 1. The van der Waals surface area contributed by atoms with Crippen LogP contribution >= 0.6 is 0 Å². The van der Waals surface area contributed by atoms with Crippen molar-refractivity contribution in [1.29, 1.82) is 0 Å². The van der Waals surface area contributed by atoms with Gasteiger partial charge in [-0.05, 0) is 42.8 Å². The van der Waals surface area contributed by atoms with Crippen LogP contribution in [0, 0.1) is 12.9 Å². The summed E-state index contributed by atoms with van der Waals surface area (Å²) >= 11 is 0. The van der Waals surface area contributed by atoms with Gasteiger partial charge in [0.25, 0.3) is 0 Å². The summed E-state index contributed by atoms with van der Waals surface area (Å²) in [5.41, 5.74) is 1.19. The minimum absolute atomic E-state index is 0.0657. The Labute approximate surface area is 259 Å². The molecule has 1 aromatic carbocycles. The third kappa shape index (κ3) is 6.14. The summed E-state index contributed by atoms with van der Waals surface area (Å²) < 4.78 is 63.0. The van der Waals surface area contributed by atoms with Gasteiger partial charge in [0.05, 0.1) is 29.4 Å². The van der Waals surface area contributed by atoms with E-state index < -0.39 is 36.0 Å². The minimum atomic E-state index is -4.69. The van der Waals surface area contributed by atoms with E-state index in [1.54, 1.807) is 49.4 Å². The summed E-state index contributed by atoms with van der Waals surface area (Å²) in [5.74, 6) is -0.404. The lowest BCUT2D eigenvalue weighted by molar-refractivity contribution is -0.154. The van der Waals surface area contributed by atoms with Gasteiger partial charge in [0.15, 0.2) is 11.3 Å². The molecule has 0 unspecified atom stereocenters. The maximum Gasteiger partial charge on any atom is 0.435 e. The topological polar surface area (TPSA) is 124 Å². The van der Waals surface area contributed by atoms with Gasteiger partial charge in [0.2, 0.25) is 5.95 Å². The molecule has 0 spiro atoms. The summed E-state index contributed by atoms with van der Waals surface area (Å²) in [6, 6.07) is 11.9. The normalized spacial score (nSPS) is 17.1. The van der Waals surface area contributed by atoms with Crippen molar-refractivity contribution in [1.82, 2.24) is 39.9 Å². The molecular weight excluding hydrogens is 610 g/mol. The highest BCUT2D eigenvalue weighted by molar-refractivity contribution is 5.92. The summed E-state index contributed by atoms with van der Waals surface area (Å²) in [4.78, 5) is 27.4. The largest absolute Gasteiger partial charge is 0.435 e. The van der Waals surface area contributed by atoms with Crippen LogP contribution in [-0.4, -0.2) is 73.5 Å². The molecule has 4 aromatic heterocycles. The first kappa shape index (κ1) is 31.1. The van der Waals surface area contributed by atoms with Crippen LogP contribution in [0.15, 0.2) is 60.9 Å². The zero-order valence-electron chi connectivity index (χ0n) is 24.9. The molecule has 5 aromatic rings. The van der Waals surface area contributed by atoms with E-state index in [2.05, 4.69) is 30.8 Å². The molecule has 1 aliphatic rings. The van der Waals surface area contributed by atoms with Gasteiger partial charge in [-0.25, -0.2) is 24.1 Å². The maximum atomic E-state index is 14.0. The second-order valence-corrected chi connectivity index (χ2v) is 10.7. The number of pyridine rings is 2. The van der Waals surface area contributed by atoms with Gasteiger partial charge in [0, 0.05) is 50.8 Å². The molecular formula is C30H29F4N9O3. The van der Waals surface area contributed by atoms with Crippen LogP contribution in [0.3, 0.4) is 0 Å². The van der Waals surface area contributed by atoms with Gasteiger partial charge in [0.1, 0.15) is 11.9 Å². The fraction of sp³-hybridized carbons (Fsp3) is 0.300. The molecule has 1 aliphatic heterocycles. The first-order valence-electron chi connectivity index (χ1n) is 14.2. The lowest BCUT2D eigenvalue weighted by atomic mass is 10.0. The molecule has 2 N–H and O–H groups in total. The summed E-state index contributed by atoms with van der Waals surface area (Å²) in [6.45, 7) is 2.77. The van der Waals surface area contributed by atoms with Gasteiger partial charge < -0.3 is 10.1 Å². The highest BCUT2D eigenvalue weighted by Crippen LogP contribution is 2.37. The Bertz CT molecular complexity index is 1880. The molecule has 240 valence electrons. The number of hydroxylamine groups is 2. The Kier molecular flexibility index (Phi) is 8.41. The van der Waals surface area contributed by atoms with Crippen molar-refractivity contribution in [2.75, 3.05) is 32.1 Å². The van der Waals surface area contributed by atoms with Gasteiger partial charge in [-0.15, -0.1) is 0 Å². The number of carbonyl (C=O) groups is 1. The quantitative estimate of drug-likeness (QED) is 0.183. The molecule has 1 fully saturated rings. The van der Waals surface area contributed by atoms with E-state index in [4.69, 9.17) is 9.57 Å². The summed E-state index contributed by atoms with van der Waals surface area (Å²) in [7, 11) is 2.95. The molecule has 0 bridgehead atoms. The zero-order chi connectivity index (χ0) is 32.6. The zero-order valence-corrected chi connectivity index (χ0v) is 24.9. The standard InChI is InChI=1S/C30H29F4N9O3/c1-17-24(19-13-21-26(30(32,33)34)40-41(2)28(21)36-15-19)39-43(20-7-5-4-6-8-20)27(17)38-29(44)37-22-16-42(11-12-45-3)46-25(22)18-9-10-35-23(31)14-18/h4-10,13-15,22,25H,11-12,16H2,1-3H3,(H2,37,38,44)/t22-,25+/m1/s1. The predicted molar refractivity (Wildman–Crippen MR) is 158 cm³/mol. The van der Waals surface area contributed by atoms with Crippen LogP contribution in [0.5, 0.6) is 0 Å². The number of alkyl halides is 3. The number of anilines is 1. The number of hydrogen-bond donors (Lipinski definition) is 2. The van der Waals surface area contributed by atoms with Gasteiger partial charge in [-0.1, -0.05) is 18.2 Å². The monoisotopic (exact) mass is 639 g/mol. The predicted octanol–water partition coefficient (Wildman–Crippen LogP) is 4.81. The average molecular weight is 640 g/mol. The number of carbonyl (C=O) groups excluding carboxylic acids is 1. The van der Waals surface area contributed by atoms with Crippen molar-refractivity contribution in [2.24, 2.45) is 7.05 Å². The molecule has 5 heterocycles. The summed E-state index contributed by atoms with van der Waals surface area (Å²) in [6.07, 6.45) is -2.66. The molecule has 0 radical (unpaired) electrons. The highest BCUT2D eigenvalue weighted by Gasteiger charge is 2.38. The number of aromatic nitrogens is 6. The molecule has 1 saturated heterocycles. The number of nitrogens with one attached hydrogen (secondary N) is 2. The number of urea groups is 1. The number of methoxy groups -OCH3 is 1. The van der Waals surface area contributed by atoms with E-state index >= 15 is 0 Å². The van der Waals surface area contributed by atoms with Crippen molar-refractivity contribution in [3.8, 4) is 16.9 Å². The SMILES string of the molecule is COCCN1C[C@@H](NC(=O)Nc2c(C)c(-c3cnc4c(c3)c(C(F)(F)F)nn4C)nn2-c2ccccc2)[C@H](c2ccnc(F)c2)O1. The van der Waals surface area contributed by atoms with Crippen LogP contribution in [0.25, 0.3) is 28.0 Å². The number of halogens is 4. The second-order valence-electron chi connectivity index (χ2n) is 10.7. The van der Waals surface area contributed by atoms with Gasteiger partial charge >= 0.3 is 12.2 Å². The van der Waals surface area contributed by atoms with E-state index in [0.29, 0.717) is 41.2 Å². The van der Waals surface area contributed by atoms with Crippen molar-refractivity contribution < 1.29 is 31.9 Å². The third-order valence-electron chi connectivity index (χ3n) is 7.54. The van der Waals surface area contributed by atoms with Gasteiger partial charge in [-0.3, -0.25) is 10.2 Å². The van der Waals surface area contributed by atoms with Crippen LogP contribution in [0.2, 0.25) is 0 Å². The van der Waals surface area contributed by atoms with E-state index in [-0.39, 0.29) is 23.4 Å². The average Bonchev–Trinajstić information content (AvgIpc) is 3.69. The Hall–Kier alpha value is -4.93. The van der Waals surface area contributed by atoms with E-state index in [0.717, 1.165) is 4.68 Å². The molecule has 16 heteroatoms. The molecule has 2 atom stereocenters. The molecule has 0 saturated carbocycles. The first-order chi connectivity index (χ1) is 22.0. The second kappa shape index (κ2) is 12.5. The number of ether oxygens (including phenoxy) is 1. The lowest BCUT2D eigenvalue weighted by Gasteiger charge is -2.19. The van der Waals surface area contributed by atoms with Crippen molar-refractivity contribution in [3.63, 3.8) is 0 Å². The fourth-order valence-corrected chi connectivity index (χ4v) is 5.40. The number of nitrogens with zero attached hydrogens (tertiary/aromatic N) is 7. The van der Waals surface area contributed by atoms with Gasteiger partial charge in [-0.2, -0.15) is 32.8 Å². The number of fused-ring (bicyclic) bond motifs is 1. The molecule has 6 rings (SSSR count). The highest BCUT2D eigenvalue weighted by atomic mass is 19.4. The van der Waals surface area contributed by atoms with Crippen molar-refractivity contribution in [3.05, 3.63) is 83.7 Å². The Morgan fingerprint density at radius 3 is 2.63 bits per heavy atom. The number of benzene rings is 1. The van der Waals surface area contributed by atoms with Crippen LogP contribution in [0.1, 0.15) is 22.9 Å². The molecule has 46 heavy (non-hydrogen) atoms. The Morgan fingerprint density at radius 2 is 1.91 bits per heavy atom. The van der Waals surface area contributed by atoms with Crippen molar-refractivity contribution >= 4 is 22.9 Å². The first-order valence-corrected chi connectivity index (χ1v) is 14.2. The van der Waals surface area contributed by atoms with Crippen LogP contribution in [0.4, 0.5) is 28.2 Å². The minimum Gasteiger partial charge on any atom is -0.383 e. The van der Waals surface area contributed by atoms with E-state index in [9.17, 15) is 22.4 Å². The smallest absolute Gasteiger partial charge is 0.383 e. The number of rotatable bonds is 8.